The van der Waals surface area contributed by atoms with E-state index >= 15 is 0 Å². The van der Waals surface area contributed by atoms with Gasteiger partial charge in [0.15, 0.2) is 0 Å². The summed E-state index contributed by atoms with van der Waals surface area (Å²) in [6.45, 7) is 0. The van der Waals surface area contributed by atoms with Crippen LogP contribution in [0.1, 0.15) is 12.8 Å². The Morgan fingerprint density at radius 3 is 2.42 bits per heavy atom. The van der Waals surface area contributed by atoms with E-state index in [0.29, 0.717) is 0 Å². The van der Waals surface area contributed by atoms with E-state index in [1.54, 1.807) is 0 Å². The number of nitrogens with one attached hydrogen (secondary N) is 1. The number of amides is 1. The number of carboxylic acids is 1. The molecule has 0 bridgehead atoms. The Bertz CT molecular complexity index is 610. The number of nitrogen functional groups attached to an aromatic ring is 1. The Hall–Kier alpha value is -2.13. The average molecular weight is 288 g/mol. The van der Waals surface area contributed by atoms with E-state index in [-0.39, 0.29) is 24.2 Å². The third-order valence-corrected chi connectivity index (χ3v) is 3.02. The van der Waals surface area contributed by atoms with E-state index in [0.717, 1.165) is 6.07 Å². The van der Waals surface area contributed by atoms with Crippen molar-refractivity contribution in [1.29, 1.82) is 0 Å². The topological polar surface area (TPSA) is 147 Å². The SMILES string of the molecule is Nc1ccc(NC(=O)CCC(=O)O)c(S(=O)(=O)O)c1. The average Bonchev–Trinajstić information content (AvgIpc) is 2.27. The largest absolute Gasteiger partial charge is 0.481 e. The van der Waals surface area contributed by atoms with Crippen molar-refractivity contribution in [3.63, 3.8) is 0 Å². The molecule has 0 saturated carbocycles. The van der Waals surface area contributed by atoms with Crippen molar-refractivity contribution < 1.29 is 27.7 Å². The van der Waals surface area contributed by atoms with Crippen LogP contribution in [-0.2, 0) is 19.7 Å². The summed E-state index contributed by atoms with van der Waals surface area (Å²) in [5.74, 6) is -1.83. The second-order valence-corrected chi connectivity index (χ2v) is 5.06. The van der Waals surface area contributed by atoms with Gasteiger partial charge < -0.3 is 16.2 Å². The van der Waals surface area contributed by atoms with Crippen LogP contribution < -0.4 is 11.1 Å². The fraction of sp³-hybridized carbons (Fsp3) is 0.200. The van der Waals surface area contributed by atoms with E-state index < -0.39 is 26.9 Å². The van der Waals surface area contributed by atoms with Crippen LogP contribution in [0.25, 0.3) is 0 Å². The number of anilines is 2. The zero-order valence-corrected chi connectivity index (χ0v) is 10.5. The smallest absolute Gasteiger partial charge is 0.303 e. The molecule has 0 spiro atoms. The molecule has 5 N–H and O–H groups in total. The molecule has 1 rings (SSSR count). The van der Waals surface area contributed by atoms with Gasteiger partial charge in [-0.25, -0.2) is 0 Å². The molecule has 0 fully saturated rings. The summed E-state index contributed by atoms with van der Waals surface area (Å²) in [6.07, 6.45) is -0.702. The first-order valence-corrected chi connectivity index (χ1v) is 6.53. The van der Waals surface area contributed by atoms with Crippen LogP contribution in [0, 0.1) is 0 Å². The van der Waals surface area contributed by atoms with Gasteiger partial charge in [-0.05, 0) is 18.2 Å². The number of carboxylic acid groups (broad SMARTS) is 1. The fourth-order valence-electron chi connectivity index (χ4n) is 1.29. The molecule has 19 heavy (non-hydrogen) atoms. The third kappa shape index (κ3) is 4.56. The van der Waals surface area contributed by atoms with Gasteiger partial charge in [0, 0.05) is 12.1 Å². The molecule has 1 amide bonds. The van der Waals surface area contributed by atoms with Gasteiger partial charge in [-0.15, -0.1) is 0 Å². The lowest BCUT2D eigenvalue weighted by atomic mass is 10.2. The van der Waals surface area contributed by atoms with Crippen molar-refractivity contribution in [2.45, 2.75) is 17.7 Å². The molecule has 1 aromatic rings. The van der Waals surface area contributed by atoms with Crippen LogP contribution in [0.5, 0.6) is 0 Å². The van der Waals surface area contributed by atoms with Gasteiger partial charge in [-0.2, -0.15) is 8.42 Å². The number of rotatable bonds is 5. The molecule has 0 atom stereocenters. The highest BCUT2D eigenvalue weighted by Gasteiger charge is 2.17. The Morgan fingerprint density at radius 2 is 1.89 bits per heavy atom. The second kappa shape index (κ2) is 5.67. The van der Waals surface area contributed by atoms with Gasteiger partial charge in [-0.3, -0.25) is 14.1 Å². The molecule has 9 heteroatoms. The Balaban J connectivity index is 2.96. The van der Waals surface area contributed by atoms with Crippen molar-refractivity contribution in [1.82, 2.24) is 0 Å². The number of carbonyl (C=O) groups excluding carboxylic acids is 1. The summed E-state index contributed by atoms with van der Waals surface area (Å²) in [7, 11) is -4.54. The molecule has 104 valence electrons. The molecule has 0 aromatic heterocycles. The third-order valence-electron chi connectivity index (χ3n) is 2.12. The highest BCUT2D eigenvalue weighted by atomic mass is 32.2. The van der Waals surface area contributed by atoms with Crippen molar-refractivity contribution in [2.75, 3.05) is 11.1 Å². The molecule has 1 aromatic carbocycles. The van der Waals surface area contributed by atoms with Crippen molar-refractivity contribution in [3.05, 3.63) is 18.2 Å². The quantitative estimate of drug-likeness (QED) is 0.450. The summed E-state index contributed by atoms with van der Waals surface area (Å²) >= 11 is 0. The van der Waals surface area contributed by atoms with Crippen LogP contribution in [0.15, 0.2) is 23.1 Å². The van der Waals surface area contributed by atoms with Gasteiger partial charge in [0.05, 0.1) is 12.1 Å². The first-order chi connectivity index (χ1) is 8.70. The van der Waals surface area contributed by atoms with Gasteiger partial charge in [0.25, 0.3) is 10.1 Å². The molecule has 0 aliphatic heterocycles. The summed E-state index contributed by atoms with van der Waals surface area (Å²) in [6, 6.07) is 3.53. The molecule has 0 unspecified atom stereocenters. The Kier molecular flexibility index (Phi) is 4.46. The Morgan fingerprint density at radius 1 is 1.26 bits per heavy atom. The molecule has 0 saturated heterocycles. The first-order valence-electron chi connectivity index (χ1n) is 5.09. The molecule has 0 aliphatic rings. The standard InChI is InChI=1S/C10H12N2O6S/c11-6-1-2-7(8(5-6)19(16,17)18)12-9(13)3-4-10(14)15/h1-2,5H,3-4,11H2,(H,12,13)(H,14,15)(H,16,17,18). The minimum absolute atomic E-state index is 0.0937. The van der Waals surface area contributed by atoms with E-state index in [9.17, 15) is 18.0 Å². The van der Waals surface area contributed by atoms with Crippen molar-refractivity contribution in [2.24, 2.45) is 0 Å². The van der Waals surface area contributed by atoms with Crippen LogP contribution in [0.2, 0.25) is 0 Å². The van der Waals surface area contributed by atoms with Crippen molar-refractivity contribution >= 4 is 33.4 Å². The predicted octanol–water partition coefficient (Wildman–Crippen LogP) is 0.319. The zero-order valence-electron chi connectivity index (χ0n) is 9.66. The van der Waals surface area contributed by atoms with Crippen LogP contribution in [0.3, 0.4) is 0 Å². The number of hydrogen-bond acceptors (Lipinski definition) is 5. The van der Waals surface area contributed by atoms with E-state index in [2.05, 4.69) is 5.32 Å². The molecule has 0 radical (unpaired) electrons. The lowest BCUT2D eigenvalue weighted by Gasteiger charge is -2.09. The summed E-state index contributed by atoms with van der Waals surface area (Å²) < 4.78 is 31.2. The molecule has 0 heterocycles. The normalized spacial score (nSPS) is 11.0. The minimum atomic E-state index is -4.54. The van der Waals surface area contributed by atoms with Crippen LogP contribution >= 0.6 is 0 Å². The monoisotopic (exact) mass is 288 g/mol. The number of benzene rings is 1. The summed E-state index contributed by atoms with van der Waals surface area (Å²) in [5.41, 5.74) is 5.32. The molecular weight excluding hydrogens is 276 g/mol. The van der Waals surface area contributed by atoms with E-state index in [4.69, 9.17) is 15.4 Å². The second-order valence-electron chi connectivity index (χ2n) is 3.67. The summed E-state index contributed by atoms with van der Waals surface area (Å²) in [5, 5.41) is 10.6. The maximum absolute atomic E-state index is 11.4. The maximum Gasteiger partial charge on any atom is 0.303 e. The number of nitrogens with two attached hydrogens (primary N) is 1. The van der Waals surface area contributed by atoms with E-state index in [1.165, 1.54) is 12.1 Å². The summed E-state index contributed by atoms with van der Waals surface area (Å²) in [4.78, 5) is 21.1. The van der Waals surface area contributed by atoms with Gasteiger partial charge >= 0.3 is 5.97 Å². The predicted molar refractivity (Wildman–Crippen MR) is 66.2 cm³/mol. The lowest BCUT2D eigenvalue weighted by molar-refractivity contribution is -0.138. The fourth-order valence-corrected chi connectivity index (χ4v) is 1.97. The number of carbonyl (C=O) groups is 2. The Labute approximate surface area is 109 Å². The number of hydrogen-bond donors (Lipinski definition) is 4. The van der Waals surface area contributed by atoms with E-state index in [1.807, 2.05) is 0 Å². The maximum atomic E-state index is 11.4. The highest BCUT2D eigenvalue weighted by molar-refractivity contribution is 7.86. The molecule has 0 aliphatic carbocycles. The van der Waals surface area contributed by atoms with Crippen LogP contribution in [-0.4, -0.2) is 30.0 Å². The minimum Gasteiger partial charge on any atom is -0.481 e. The van der Waals surface area contributed by atoms with Gasteiger partial charge in [-0.1, -0.05) is 0 Å². The van der Waals surface area contributed by atoms with Crippen molar-refractivity contribution in [3.8, 4) is 0 Å². The number of aliphatic carboxylic acids is 1. The van der Waals surface area contributed by atoms with Gasteiger partial charge in [0.2, 0.25) is 5.91 Å². The lowest BCUT2D eigenvalue weighted by Crippen LogP contribution is -2.15. The molecule has 8 nitrogen and oxygen atoms in total. The van der Waals surface area contributed by atoms with Gasteiger partial charge in [0.1, 0.15) is 4.90 Å². The molecular formula is C10H12N2O6S. The van der Waals surface area contributed by atoms with Crippen LogP contribution in [0.4, 0.5) is 11.4 Å². The highest BCUT2D eigenvalue weighted by Crippen LogP contribution is 2.23. The zero-order chi connectivity index (χ0) is 14.6. The first kappa shape index (κ1) is 14.9.